The molecule has 0 amide bonds. The smallest absolute Gasteiger partial charge is 0.550 e. The van der Waals surface area contributed by atoms with Crippen LogP contribution in [0.5, 0.6) is 0 Å². The van der Waals surface area contributed by atoms with Crippen molar-refractivity contribution in [2.75, 3.05) is 0 Å². The second kappa shape index (κ2) is 6.39. The molecule has 0 aromatic heterocycles. The second-order valence-corrected chi connectivity index (χ2v) is 2.44. The van der Waals surface area contributed by atoms with Gasteiger partial charge in [0.1, 0.15) is 5.60 Å². The van der Waals surface area contributed by atoms with Crippen LogP contribution in [0.25, 0.3) is 0 Å². The minimum atomic E-state index is -2.91. The quantitative estimate of drug-likeness (QED) is 0.509. The zero-order valence-corrected chi connectivity index (χ0v) is 8.33. The van der Waals surface area contributed by atoms with Crippen LogP contribution in [0.2, 0.25) is 0 Å². The van der Waals surface area contributed by atoms with E-state index in [1.807, 2.05) is 0 Å². The number of carbonyl (C=O) groups excluding carboxylic acids is 2. The third-order valence-corrected chi connectivity index (χ3v) is 1.26. The minimum absolute atomic E-state index is 0. The fourth-order valence-corrected chi connectivity index (χ4v) is 0.696. The van der Waals surface area contributed by atoms with Crippen LogP contribution >= 0.6 is 0 Å². The molecule has 0 aliphatic rings. The summed E-state index contributed by atoms with van der Waals surface area (Å²) in [6.07, 6.45) is -2.56. The van der Waals surface area contributed by atoms with Crippen LogP contribution in [0.4, 0.5) is 0 Å². The summed E-state index contributed by atoms with van der Waals surface area (Å²) < 4.78 is 0. The van der Waals surface area contributed by atoms with Crippen LogP contribution in [-0.4, -0.2) is 33.7 Å². The second-order valence-electron chi connectivity index (χ2n) is 2.44. The molecule has 0 aromatic carbocycles. The molecule has 0 bridgehead atoms. The van der Waals surface area contributed by atoms with E-state index in [-0.39, 0.29) is 46.9 Å². The largest absolute Gasteiger partial charge is 2.00 e. The minimum Gasteiger partial charge on any atom is -0.550 e. The molecule has 86 valence electrons. The van der Waals surface area contributed by atoms with Crippen molar-refractivity contribution in [1.29, 1.82) is 0 Å². The Morgan fingerprint density at radius 3 is 1.79 bits per heavy atom. The number of hydrogen-bond donors (Lipinski definition) is 2. The molecule has 0 aliphatic heterocycles. The fraction of sp³-hybridized carbons (Fsp3) is 0.500. The Bertz CT molecular complexity index is 233. The van der Waals surface area contributed by atoms with E-state index in [2.05, 4.69) is 0 Å². The molecule has 7 nitrogen and oxygen atoms in total. The zero-order chi connectivity index (χ0) is 10.6. The van der Waals surface area contributed by atoms with Crippen molar-refractivity contribution < 1.29 is 81.7 Å². The predicted molar refractivity (Wildman–Crippen MR) is 31.8 cm³/mol. The number of hydrogen-bond acceptors (Lipinski definition) is 6. The monoisotopic (exact) mass is 364 g/mol. The predicted octanol–water partition coefficient (Wildman–Crippen LogP) is -3.92. The summed E-state index contributed by atoms with van der Waals surface area (Å²) in [6.45, 7) is 0. The van der Waals surface area contributed by atoms with Gasteiger partial charge in [-0.1, -0.05) is 0 Å². The molecule has 0 saturated carbocycles. The first-order valence-electron chi connectivity index (χ1n) is 3.13. The van der Waals surface area contributed by atoms with Crippen molar-refractivity contribution in [3.8, 4) is 0 Å². The Kier molecular flexibility index (Phi) is 7.45. The average molecular weight is 363 g/mol. The molecular formula is C6H6O7Yb. The van der Waals surface area contributed by atoms with Crippen LogP contribution in [0.3, 0.4) is 0 Å². The van der Waals surface area contributed by atoms with Gasteiger partial charge in [0.05, 0.1) is 12.4 Å². The van der Waals surface area contributed by atoms with Gasteiger partial charge in [0, 0.05) is 12.4 Å². The van der Waals surface area contributed by atoms with Crippen molar-refractivity contribution in [2.24, 2.45) is 0 Å². The number of carbonyl (C=O) groups is 3. The SMILES string of the molecule is O=C([O-])CC(O)(CC(=O)O)C(=O)[O-].[Yb+2]. The van der Waals surface area contributed by atoms with E-state index in [1.165, 1.54) is 0 Å². The Balaban J connectivity index is 0. The average Bonchev–Trinajstić information content (AvgIpc) is 1.82. The van der Waals surface area contributed by atoms with Crippen LogP contribution in [0.15, 0.2) is 0 Å². The standard InChI is InChI=1S/C6H8O7.Yb/c7-3(8)1-6(13,5(11)12)2-4(9)10;/h13H,1-2H2,(H,7,8)(H,9,10)(H,11,12);/q;+2/p-2. The maximum absolute atomic E-state index is 10.2. The van der Waals surface area contributed by atoms with Crippen LogP contribution in [-0.2, 0) is 14.4 Å². The summed E-state index contributed by atoms with van der Waals surface area (Å²) in [5, 5.41) is 37.2. The van der Waals surface area contributed by atoms with E-state index in [4.69, 9.17) is 10.2 Å². The topological polar surface area (TPSA) is 138 Å². The molecule has 0 heterocycles. The molecule has 2 N–H and O–H groups in total. The number of rotatable bonds is 5. The normalized spacial score (nSPS) is 13.5. The van der Waals surface area contributed by atoms with E-state index in [9.17, 15) is 24.6 Å². The van der Waals surface area contributed by atoms with E-state index in [0.717, 1.165) is 0 Å². The van der Waals surface area contributed by atoms with Gasteiger partial charge in [-0.3, -0.25) is 4.79 Å². The van der Waals surface area contributed by atoms with Crippen molar-refractivity contribution in [3.63, 3.8) is 0 Å². The van der Waals surface area contributed by atoms with Gasteiger partial charge in [-0.15, -0.1) is 0 Å². The van der Waals surface area contributed by atoms with Gasteiger partial charge >= 0.3 is 52.9 Å². The summed E-state index contributed by atoms with van der Waals surface area (Å²) in [7, 11) is 0. The third kappa shape index (κ3) is 5.58. The summed E-state index contributed by atoms with van der Waals surface area (Å²) in [4.78, 5) is 30.2. The molecule has 1 atom stereocenters. The van der Waals surface area contributed by atoms with E-state index in [1.54, 1.807) is 0 Å². The summed E-state index contributed by atoms with van der Waals surface area (Å²) in [5.74, 6) is -5.67. The molecule has 1 unspecified atom stereocenters. The summed E-state index contributed by atoms with van der Waals surface area (Å²) in [5.41, 5.74) is -2.91. The molecule has 0 aromatic rings. The number of carboxylic acids is 3. The van der Waals surface area contributed by atoms with Gasteiger partial charge in [-0.25, -0.2) is 0 Å². The third-order valence-electron chi connectivity index (χ3n) is 1.26. The summed E-state index contributed by atoms with van der Waals surface area (Å²) in [6, 6.07) is 0. The Morgan fingerprint density at radius 2 is 1.57 bits per heavy atom. The first-order chi connectivity index (χ1) is 5.78. The van der Waals surface area contributed by atoms with E-state index < -0.39 is 36.4 Å². The van der Waals surface area contributed by atoms with Crippen molar-refractivity contribution >= 4 is 17.9 Å². The van der Waals surface area contributed by atoms with Gasteiger partial charge in [0.25, 0.3) is 0 Å². The Hall–Kier alpha value is -0.111. The first kappa shape index (κ1) is 16.3. The molecule has 8 heteroatoms. The van der Waals surface area contributed by atoms with Crippen LogP contribution < -0.4 is 10.2 Å². The molecule has 0 aliphatic carbocycles. The first-order valence-corrected chi connectivity index (χ1v) is 3.13. The van der Waals surface area contributed by atoms with Crippen molar-refractivity contribution in [2.45, 2.75) is 18.4 Å². The molecule has 14 heavy (non-hydrogen) atoms. The Labute approximate surface area is 117 Å². The van der Waals surface area contributed by atoms with E-state index >= 15 is 0 Å². The number of aliphatic carboxylic acids is 3. The maximum atomic E-state index is 10.2. The fourth-order valence-electron chi connectivity index (χ4n) is 0.696. The van der Waals surface area contributed by atoms with E-state index in [0.29, 0.717) is 0 Å². The zero-order valence-electron chi connectivity index (χ0n) is 6.62. The molecule has 0 rings (SSSR count). The van der Waals surface area contributed by atoms with Crippen molar-refractivity contribution in [3.05, 3.63) is 0 Å². The molecular weight excluding hydrogens is 357 g/mol. The summed E-state index contributed by atoms with van der Waals surface area (Å²) >= 11 is 0. The molecule has 0 fully saturated rings. The molecule has 0 saturated heterocycles. The molecule has 0 radical (unpaired) electrons. The molecule has 0 spiro atoms. The van der Waals surface area contributed by atoms with Gasteiger partial charge in [0.15, 0.2) is 0 Å². The van der Waals surface area contributed by atoms with Gasteiger partial charge in [0.2, 0.25) is 0 Å². The van der Waals surface area contributed by atoms with Crippen LogP contribution in [0.1, 0.15) is 12.8 Å². The Morgan fingerprint density at radius 1 is 1.14 bits per heavy atom. The number of aliphatic hydroxyl groups is 1. The van der Waals surface area contributed by atoms with Crippen molar-refractivity contribution in [1.82, 2.24) is 0 Å². The van der Waals surface area contributed by atoms with Gasteiger partial charge in [-0.05, 0) is 0 Å². The van der Waals surface area contributed by atoms with Gasteiger partial charge in [-0.2, -0.15) is 0 Å². The number of carboxylic acid groups (broad SMARTS) is 3. The van der Waals surface area contributed by atoms with Gasteiger partial charge < -0.3 is 30.0 Å². The van der Waals surface area contributed by atoms with Crippen LogP contribution in [0, 0.1) is 46.9 Å². The maximum Gasteiger partial charge on any atom is 2.00 e.